The van der Waals surface area contributed by atoms with E-state index in [1.54, 1.807) is 0 Å². The molecule has 5 heteroatoms. The van der Waals surface area contributed by atoms with Gasteiger partial charge in [-0.05, 0) is 32.0 Å². The van der Waals surface area contributed by atoms with Crippen LogP contribution in [0.15, 0.2) is 24.5 Å². The van der Waals surface area contributed by atoms with Crippen LogP contribution in [-0.2, 0) is 13.5 Å². The highest BCUT2D eigenvalue weighted by atomic mass is 15.3. The van der Waals surface area contributed by atoms with Gasteiger partial charge in [0, 0.05) is 25.9 Å². The summed E-state index contributed by atoms with van der Waals surface area (Å²) in [7, 11) is 3.96. The molecule has 0 spiro atoms. The zero-order valence-electron chi connectivity index (χ0n) is 12.9. The Kier molecular flexibility index (Phi) is 4.95. The van der Waals surface area contributed by atoms with Gasteiger partial charge in [0.2, 0.25) is 0 Å². The standard InChI is InChI=1S/C15H25N5/c1-5-13(6-2)20-10-8-12(18-20)11-14(16-3)15-7-9-17-19(15)4/h7-10,13-14,16H,5-6,11H2,1-4H3. The van der Waals surface area contributed by atoms with Crippen LogP contribution in [0.25, 0.3) is 0 Å². The highest BCUT2D eigenvalue weighted by Crippen LogP contribution is 2.19. The van der Waals surface area contributed by atoms with Crippen LogP contribution in [0, 0.1) is 0 Å². The zero-order valence-corrected chi connectivity index (χ0v) is 12.9. The number of hydrogen-bond acceptors (Lipinski definition) is 3. The molecule has 0 aromatic carbocycles. The van der Waals surface area contributed by atoms with Gasteiger partial charge in [-0.2, -0.15) is 10.2 Å². The molecule has 5 nitrogen and oxygen atoms in total. The molecule has 0 fully saturated rings. The predicted octanol–water partition coefficient (Wildman–Crippen LogP) is 2.48. The molecular formula is C15H25N5. The Morgan fingerprint density at radius 2 is 2.00 bits per heavy atom. The fourth-order valence-corrected chi connectivity index (χ4v) is 2.64. The van der Waals surface area contributed by atoms with Crippen LogP contribution >= 0.6 is 0 Å². The lowest BCUT2D eigenvalue weighted by Crippen LogP contribution is -2.22. The van der Waals surface area contributed by atoms with Gasteiger partial charge in [-0.1, -0.05) is 13.8 Å². The van der Waals surface area contributed by atoms with E-state index in [1.165, 1.54) is 5.69 Å². The second-order valence-corrected chi connectivity index (χ2v) is 5.18. The molecule has 0 aliphatic rings. The van der Waals surface area contributed by atoms with E-state index in [4.69, 9.17) is 5.10 Å². The second-order valence-electron chi connectivity index (χ2n) is 5.18. The molecule has 0 radical (unpaired) electrons. The van der Waals surface area contributed by atoms with E-state index in [-0.39, 0.29) is 6.04 Å². The summed E-state index contributed by atoms with van der Waals surface area (Å²) in [5, 5.41) is 12.3. The Hall–Kier alpha value is -1.62. The van der Waals surface area contributed by atoms with Gasteiger partial charge in [-0.25, -0.2) is 0 Å². The van der Waals surface area contributed by atoms with Gasteiger partial charge in [-0.3, -0.25) is 9.36 Å². The minimum Gasteiger partial charge on any atom is -0.311 e. The van der Waals surface area contributed by atoms with Gasteiger partial charge in [0.05, 0.1) is 23.5 Å². The number of rotatable bonds is 7. The SMILES string of the molecule is CCC(CC)n1ccc(CC(NC)c2ccnn2C)n1. The average Bonchev–Trinajstić information content (AvgIpc) is 3.07. The van der Waals surface area contributed by atoms with Crippen LogP contribution in [-0.4, -0.2) is 26.6 Å². The Morgan fingerprint density at radius 1 is 1.25 bits per heavy atom. The lowest BCUT2D eigenvalue weighted by Gasteiger charge is -2.16. The molecule has 1 N–H and O–H groups in total. The zero-order chi connectivity index (χ0) is 14.5. The van der Waals surface area contributed by atoms with Crippen molar-refractivity contribution >= 4 is 0 Å². The van der Waals surface area contributed by atoms with Gasteiger partial charge >= 0.3 is 0 Å². The molecule has 2 heterocycles. The lowest BCUT2D eigenvalue weighted by molar-refractivity contribution is 0.422. The molecule has 1 unspecified atom stereocenters. The third kappa shape index (κ3) is 3.10. The summed E-state index contributed by atoms with van der Waals surface area (Å²) in [4.78, 5) is 0. The van der Waals surface area contributed by atoms with Crippen molar-refractivity contribution in [2.45, 2.75) is 45.2 Å². The molecule has 110 valence electrons. The Bertz CT molecular complexity index is 524. The summed E-state index contributed by atoms with van der Waals surface area (Å²) >= 11 is 0. The maximum Gasteiger partial charge on any atom is 0.0644 e. The van der Waals surface area contributed by atoms with Crippen molar-refractivity contribution in [2.24, 2.45) is 7.05 Å². The summed E-state index contributed by atoms with van der Waals surface area (Å²) in [6.45, 7) is 4.42. The molecule has 2 aromatic rings. The molecule has 0 aliphatic carbocycles. The maximum absolute atomic E-state index is 4.73. The second kappa shape index (κ2) is 6.70. The van der Waals surface area contributed by atoms with Crippen molar-refractivity contribution in [1.29, 1.82) is 0 Å². The Morgan fingerprint density at radius 3 is 2.55 bits per heavy atom. The normalized spacial score (nSPS) is 13.1. The predicted molar refractivity (Wildman–Crippen MR) is 80.6 cm³/mol. The summed E-state index contributed by atoms with van der Waals surface area (Å²) in [6, 6.07) is 4.93. The molecule has 0 saturated carbocycles. The molecule has 2 aromatic heterocycles. The molecule has 1 atom stereocenters. The largest absolute Gasteiger partial charge is 0.311 e. The first kappa shape index (κ1) is 14.8. The van der Waals surface area contributed by atoms with Gasteiger partial charge in [-0.15, -0.1) is 0 Å². The van der Waals surface area contributed by atoms with E-state index in [9.17, 15) is 0 Å². The van der Waals surface area contributed by atoms with Crippen molar-refractivity contribution in [1.82, 2.24) is 24.9 Å². The fraction of sp³-hybridized carbons (Fsp3) is 0.600. The van der Waals surface area contributed by atoms with Gasteiger partial charge in [0.25, 0.3) is 0 Å². The summed E-state index contributed by atoms with van der Waals surface area (Å²) in [5.41, 5.74) is 2.31. The lowest BCUT2D eigenvalue weighted by atomic mass is 10.1. The molecular weight excluding hydrogens is 250 g/mol. The Labute approximate surface area is 121 Å². The molecule has 2 rings (SSSR count). The quantitative estimate of drug-likeness (QED) is 0.844. The van der Waals surface area contributed by atoms with Crippen LogP contribution in [0.3, 0.4) is 0 Å². The first-order valence-electron chi connectivity index (χ1n) is 7.38. The van der Waals surface area contributed by atoms with Crippen LogP contribution in [0.1, 0.15) is 50.2 Å². The number of nitrogens with one attached hydrogen (secondary N) is 1. The topological polar surface area (TPSA) is 47.7 Å². The molecule has 0 amide bonds. The Balaban J connectivity index is 2.11. The van der Waals surface area contributed by atoms with Gasteiger partial charge in [0.1, 0.15) is 0 Å². The molecule has 20 heavy (non-hydrogen) atoms. The minimum atomic E-state index is 0.243. The smallest absolute Gasteiger partial charge is 0.0644 e. The van der Waals surface area contributed by atoms with Crippen molar-refractivity contribution in [3.8, 4) is 0 Å². The number of likely N-dealkylation sites (N-methyl/N-ethyl adjacent to an activating group) is 1. The van der Waals surface area contributed by atoms with Crippen molar-refractivity contribution in [3.63, 3.8) is 0 Å². The molecule has 0 saturated heterocycles. The highest BCUT2D eigenvalue weighted by molar-refractivity contribution is 5.12. The maximum atomic E-state index is 4.73. The molecule has 0 bridgehead atoms. The minimum absolute atomic E-state index is 0.243. The van der Waals surface area contributed by atoms with E-state index >= 15 is 0 Å². The van der Waals surface area contributed by atoms with Gasteiger partial charge < -0.3 is 5.32 Å². The average molecular weight is 275 g/mol. The highest BCUT2D eigenvalue weighted by Gasteiger charge is 2.16. The van der Waals surface area contributed by atoms with Crippen molar-refractivity contribution < 1.29 is 0 Å². The number of aromatic nitrogens is 4. The van der Waals surface area contributed by atoms with Crippen LogP contribution in [0.2, 0.25) is 0 Å². The summed E-state index contributed by atoms with van der Waals surface area (Å²) < 4.78 is 4.02. The number of nitrogens with zero attached hydrogens (tertiary/aromatic N) is 4. The van der Waals surface area contributed by atoms with E-state index in [0.29, 0.717) is 6.04 Å². The summed E-state index contributed by atoms with van der Waals surface area (Å²) in [5.74, 6) is 0. The van der Waals surface area contributed by atoms with E-state index < -0.39 is 0 Å². The van der Waals surface area contributed by atoms with Crippen molar-refractivity contribution in [2.75, 3.05) is 7.05 Å². The van der Waals surface area contributed by atoms with E-state index in [1.807, 2.05) is 25.0 Å². The monoisotopic (exact) mass is 275 g/mol. The van der Waals surface area contributed by atoms with E-state index in [2.05, 4.69) is 47.3 Å². The summed E-state index contributed by atoms with van der Waals surface area (Å²) in [6.07, 6.45) is 7.05. The number of aryl methyl sites for hydroxylation is 1. The van der Waals surface area contributed by atoms with Crippen LogP contribution in [0.4, 0.5) is 0 Å². The van der Waals surface area contributed by atoms with Crippen LogP contribution < -0.4 is 5.32 Å². The fourth-order valence-electron chi connectivity index (χ4n) is 2.64. The first-order valence-corrected chi connectivity index (χ1v) is 7.38. The van der Waals surface area contributed by atoms with Crippen LogP contribution in [0.5, 0.6) is 0 Å². The van der Waals surface area contributed by atoms with Gasteiger partial charge in [0.15, 0.2) is 0 Å². The number of hydrogen-bond donors (Lipinski definition) is 1. The third-order valence-corrected chi connectivity index (χ3v) is 3.96. The van der Waals surface area contributed by atoms with Crippen molar-refractivity contribution in [3.05, 3.63) is 35.9 Å². The van der Waals surface area contributed by atoms with E-state index in [0.717, 1.165) is 25.0 Å². The third-order valence-electron chi connectivity index (χ3n) is 3.96. The first-order chi connectivity index (χ1) is 9.69. The molecule has 0 aliphatic heterocycles.